The molecule has 0 bridgehead atoms. The molecule has 1 aliphatic rings. The third-order valence-electron chi connectivity index (χ3n) is 1.98. The number of hydrogen-bond acceptors (Lipinski definition) is 9. The summed E-state index contributed by atoms with van der Waals surface area (Å²) in [4.78, 5) is 50.1. The maximum atomic E-state index is 10.4. The summed E-state index contributed by atoms with van der Waals surface area (Å²) in [6.45, 7) is 4.06. The summed E-state index contributed by atoms with van der Waals surface area (Å²) in [5.41, 5.74) is 0.766. The van der Waals surface area contributed by atoms with E-state index < -0.39 is 18.4 Å². The normalized spacial score (nSPS) is 11.2. The van der Waals surface area contributed by atoms with E-state index in [0.717, 1.165) is 5.71 Å². The molecule has 134 valence electrons. The zero-order valence-electron chi connectivity index (χ0n) is 13.8. The average molecular weight is 343 g/mol. The van der Waals surface area contributed by atoms with Crippen LogP contribution in [0.25, 0.3) is 0 Å². The van der Waals surface area contributed by atoms with Crippen molar-refractivity contribution in [3.05, 3.63) is 0 Å². The molecule has 1 aliphatic heterocycles. The Hall–Kier alpha value is -2.62. The molecular formula is C14H21N3O7. The van der Waals surface area contributed by atoms with E-state index in [1.165, 1.54) is 20.8 Å². The Bertz CT molecular complexity index is 526. The van der Waals surface area contributed by atoms with E-state index in [1.54, 1.807) is 0 Å². The topological polar surface area (TPSA) is 163 Å². The van der Waals surface area contributed by atoms with Crippen molar-refractivity contribution in [1.29, 1.82) is 0 Å². The van der Waals surface area contributed by atoms with Gasteiger partial charge in [0.15, 0.2) is 5.78 Å². The van der Waals surface area contributed by atoms with Crippen molar-refractivity contribution in [3.63, 3.8) is 0 Å². The third kappa shape index (κ3) is 19.4. The van der Waals surface area contributed by atoms with E-state index in [0.29, 0.717) is 13.0 Å². The highest BCUT2D eigenvalue weighted by Crippen LogP contribution is 1.98. The van der Waals surface area contributed by atoms with E-state index in [-0.39, 0.29) is 30.2 Å². The monoisotopic (exact) mass is 343 g/mol. The highest BCUT2D eigenvalue weighted by Gasteiger charge is 2.05. The van der Waals surface area contributed by atoms with Gasteiger partial charge in [-0.15, -0.1) is 5.10 Å². The smallest absolute Gasteiger partial charge is 0.310 e. The molecule has 0 amide bonds. The lowest BCUT2D eigenvalue weighted by molar-refractivity contribution is -0.140. The van der Waals surface area contributed by atoms with Crippen LogP contribution in [0.15, 0.2) is 15.4 Å². The van der Waals surface area contributed by atoms with Gasteiger partial charge in [0, 0.05) is 6.42 Å². The molecule has 10 heteroatoms. The number of aliphatic hydroxyl groups excluding tert-OH is 1. The van der Waals surface area contributed by atoms with Gasteiger partial charge in [-0.1, -0.05) is 0 Å². The maximum Gasteiger partial charge on any atom is 0.310 e. The van der Waals surface area contributed by atoms with Gasteiger partial charge in [0.25, 0.3) is 0 Å². The zero-order chi connectivity index (χ0) is 19.1. The van der Waals surface area contributed by atoms with Gasteiger partial charge in [0.1, 0.15) is 36.9 Å². The minimum atomic E-state index is -1.06. The van der Waals surface area contributed by atoms with Crippen LogP contribution in [0, 0.1) is 0 Å². The van der Waals surface area contributed by atoms with Crippen molar-refractivity contribution in [1.82, 2.24) is 0 Å². The van der Waals surface area contributed by atoms with Crippen molar-refractivity contribution < 1.29 is 34.2 Å². The molecule has 0 aliphatic carbocycles. The second kappa shape index (κ2) is 14.0. The van der Waals surface area contributed by atoms with Gasteiger partial charge in [-0.25, -0.2) is 0 Å². The summed E-state index contributed by atoms with van der Waals surface area (Å²) < 4.78 is 0. The molecule has 0 saturated heterocycles. The number of ketones is 4. The summed E-state index contributed by atoms with van der Waals surface area (Å²) in [7, 11) is 0. The van der Waals surface area contributed by atoms with Gasteiger partial charge in [-0.2, -0.15) is 5.11 Å². The summed E-state index contributed by atoms with van der Waals surface area (Å²) >= 11 is 0. The van der Waals surface area contributed by atoms with E-state index in [1.807, 2.05) is 0 Å². The molecule has 24 heavy (non-hydrogen) atoms. The number of carbonyl (C=O) groups is 5. The number of hydrogen-bond donors (Lipinski definition) is 2. The molecule has 0 aromatic rings. The molecular weight excluding hydrogens is 322 g/mol. The second-order valence-corrected chi connectivity index (χ2v) is 4.78. The molecule has 0 atom stereocenters. The fraction of sp³-hybridized carbons (Fsp3) is 0.571. The molecule has 1 heterocycles. The first-order valence-electron chi connectivity index (χ1n) is 6.83. The standard InChI is InChI=1S/C5H7N3O.C5H8O3.C4H6O3/c1-4(9)2-5-3-6-8-7-5;1-4(7)2-5(8)3-6;1-3(5)2-4(6)7/h2-3H2,1H3;6H,2-3H2,1H3;2H2,1H3,(H,6,7). The molecule has 0 saturated carbocycles. The number of aliphatic hydroxyl groups is 1. The van der Waals surface area contributed by atoms with Crippen LogP contribution in [0.5, 0.6) is 0 Å². The zero-order valence-corrected chi connectivity index (χ0v) is 13.8. The fourth-order valence-corrected chi connectivity index (χ4v) is 1.16. The van der Waals surface area contributed by atoms with E-state index in [4.69, 9.17) is 10.2 Å². The minimum absolute atomic E-state index is 0.112. The van der Waals surface area contributed by atoms with Crippen LogP contribution in [0.4, 0.5) is 0 Å². The first-order valence-corrected chi connectivity index (χ1v) is 6.83. The van der Waals surface area contributed by atoms with Crippen molar-refractivity contribution in [3.8, 4) is 0 Å². The average Bonchev–Trinajstić information content (AvgIpc) is 2.89. The molecule has 1 rings (SSSR count). The molecule has 0 aromatic heterocycles. The lowest BCUT2D eigenvalue weighted by Crippen LogP contribution is -2.07. The van der Waals surface area contributed by atoms with E-state index in [9.17, 15) is 24.0 Å². The third-order valence-corrected chi connectivity index (χ3v) is 1.98. The van der Waals surface area contributed by atoms with Crippen LogP contribution in [0.1, 0.15) is 40.0 Å². The Balaban J connectivity index is 0. The van der Waals surface area contributed by atoms with E-state index in [2.05, 4.69) is 15.4 Å². The van der Waals surface area contributed by atoms with Gasteiger partial charge in [-0.05, 0) is 26.0 Å². The van der Waals surface area contributed by atoms with Crippen LogP contribution in [0.3, 0.4) is 0 Å². The molecule has 2 N–H and O–H groups in total. The van der Waals surface area contributed by atoms with Crippen LogP contribution in [-0.4, -0.2) is 58.2 Å². The number of carboxylic acids is 1. The highest BCUT2D eigenvalue weighted by molar-refractivity contribution is 6.02. The van der Waals surface area contributed by atoms with Crippen molar-refractivity contribution >= 4 is 34.8 Å². The fourth-order valence-electron chi connectivity index (χ4n) is 1.16. The van der Waals surface area contributed by atoms with Crippen molar-refractivity contribution in [2.75, 3.05) is 13.2 Å². The Labute approximate surface area is 138 Å². The minimum Gasteiger partial charge on any atom is -0.481 e. The predicted octanol–water partition coefficient (Wildman–Crippen LogP) is 0.364. The Morgan fingerprint density at radius 3 is 1.71 bits per heavy atom. The first kappa shape index (κ1) is 23.6. The number of nitrogens with zero attached hydrogens (tertiary/aromatic N) is 3. The Kier molecular flexibility index (Phi) is 13.8. The number of aliphatic carboxylic acids is 1. The maximum absolute atomic E-state index is 10.4. The molecule has 0 spiro atoms. The van der Waals surface area contributed by atoms with Crippen molar-refractivity contribution in [2.24, 2.45) is 15.4 Å². The molecule has 0 radical (unpaired) electrons. The van der Waals surface area contributed by atoms with Crippen LogP contribution >= 0.6 is 0 Å². The predicted molar refractivity (Wildman–Crippen MR) is 82.8 cm³/mol. The quantitative estimate of drug-likeness (QED) is 0.630. The van der Waals surface area contributed by atoms with Crippen molar-refractivity contribution in [2.45, 2.75) is 40.0 Å². The van der Waals surface area contributed by atoms with Gasteiger partial charge >= 0.3 is 5.97 Å². The Morgan fingerprint density at radius 2 is 1.50 bits per heavy atom. The van der Waals surface area contributed by atoms with Gasteiger partial charge in [0.05, 0.1) is 12.1 Å². The summed E-state index contributed by atoms with van der Waals surface area (Å²) in [5.74, 6) is -1.89. The summed E-state index contributed by atoms with van der Waals surface area (Å²) in [5, 5.41) is 26.5. The lowest BCUT2D eigenvalue weighted by Gasteiger charge is -1.88. The SMILES string of the molecule is CC(=O)CC(=O)CO.CC(=O)CC(=O)O.CC(=O)CC1=NN=NC1. The molecule has 0 aromatic carbocycles. The van der Waals surface area contributed by atoms with Crippen LogP contribution < -0.4 is 0 Å². The van der Waals surface area contributed by atoms with Crippen LogP contribution in [-0.2, 0) is 24.0 Å². The number of carboxylic acid groups (broad SMARTS) is 1. The largest absolute Gasteiger partial charge is 0.481 e. The second-order valence-electron chi connectivity index (χ2n) is 4.78. The van der Waals surface area contributed by atoms with Gasteiger partial charge < -0.3 is 10.2 Å². The van der Waals surface area contributed by atoms with E-state index >= 15 is 0 Å². The number of carbonyl (C=O) groups excluding carboxylic acids is 4. The molecule has 0 fully saturated rings. The van der Waals surface area contributed by atoms with Gasteiger partial charge in [0.2, 0.25) is 0 Å². The van der Waals surface area contributed by atoms with Gasteiger partial charge in [-0.3, -0.25) is 24.0 Å². The summed E-state index contributed by atoms with van der Waals surface area (Å²) in [6.07, 6.45) is -0.108. The molecule has 0 unspecified atom stereocenters. The lowest BCUT2D eigenvalue weighted by atomic mass is 10.2. The summed E-state index contributed by atoms with van der Waals surface area (Å²) in [6, 6.07) is 0. The number of Topliss-reactive ketones (excluding diaryl/α,β-unsaturated/α-hetero) is 4. The highest BCUT2D eigenvalue weighted by atomic mass is 16.4. The Morgan fingerprint density at radius 1 is 0.958 bits per heavy atom. The first-order chi connectivity index (χ1) is 11.1. The van der Waals surface area contributed by atoms with Crippen LogP contribution in [0.2, 0.25) is 0 Å². The number of rotatable bonds is 7. The molecule has 10 nitrogen and oxygen atoms in total.